The van der Waals surface area contributed by atoms with Crippen LogP contribution in [-0.4, -0.2) is 50.7 Å². The molecule has 1 fully saturated rings. The molecule has 3 aromatic heterocycles. The van der Waals surface area contributed by atoms with E-state index in [-0.39, 0.29) is 0 Å². The summed E-state index contributed by atoms with van der Waals surface area (Å²) in [5.41, 5.74) is 7.75. The molecule has 6 rings (SSSR count). The van der Waals surface area contributed by atoms with Crippen molar-refractivity contribution in [2.45, 2.75) is 26.3 Å². The minimum absolute atomic E-state index is 0.551. The predicted octanol–water partition coefficient (Wildman–Crippen LogP) is 5.99. The highest BCUT2D eigenvalue weighted by Gasteiger charge is 2.12. The van der Waals surface area contributed by atoms with Gasteiger partial charge in [-0.1, -0.05) is 18.2 Å². The van der Waals surface area contributed by atoms with Crippen LogP contribution in [-0.2, 0) is 6.54 Å². The van der Waals surface area contributed by atoms with Crippen molar-refractivity contribution in [3.05, 3.63) is 82.8 Å². The van der Waals surface area contributed by atoms with Crippen LogP contribution in [0.3, 0.4) is 0 Å². The number of fused-ring (bicyclic) bond motifs is 1. The van der Waals surface area contributed by atoms with E-state index in [1.807, 2.05) is 53.3 Å². The van der Waals surface area contributed by atoms with Crippen molar-refractivity contribution in [2.24, 2.45) is 0 Å². The lowest BCUT2D eigenvalue weighted by Gasteiger charge is -2.15. The van der Waals surface area contributed by atoms with Crippen LogP contribution in [0.2, 0.25) is 0 Å². The van der Waals surface area contributed by atoms with Crippen molar-refractivity contribution in [3.63, 3.8) is 0 Å². The summed E-state index contributed by atoms with van der Waals surface area (Å²) in [4.78, 5) is 12.7. The van der Waals surface area contributed by atoms with Crippen LogP contribution in [0.5, 0.6) is 5.75 Å². The Morgan fingerprint density at radius 3 is 2.63 bits per heavy atom. The Balaban J connectivity index is 1.13. The molecule has 1 aliphatic heterocycles. The Morgan fingerprint density at radius 2 is 1.82 bits per heavy atom. The molecule has 1 aliphatic rings. The second kappa shape index (κ2) is 11.2. The Bertz CT molecular complexity index is 1510. The number of aryl methyl sites for hydroxylation is 1. The molecular formula is C29H31N7OS. The number of thiazole rings is 1. The van der Waals surface area contributed by atoms with Crippen LogP contribution >= 0.6 is 11.3 Å². The zero-order chi connectivity index (χ0) is 25.7. The molecule has 2 N–H and O–H groups in total. The Kier molecular flexibility index (Phi) is 7.19. The van der Waals surface area contributed by atoms with Crippen molar-refractivity contribution < 1.29 is 4.74 Å². The van der Waals surface area contributed by atoms with Crippen LogP contribution in [0.1, 0.15) is 23.4 Å². The summed E-state index contributed by atoms with van der Waals surface area (Å²) in [6.07, 6.45) is 2.60. The number of hydrogen-bond donors (Lipinski definition) is 2. The number of hydrogen-bond acceptors (Lipinski definition) is 8. The van der Waals surface area contributed by atoms with E-state index in [1.54, 1.807) is 11.3 Å². The quantitative estimate of drug-likeness (QED) is 0.232. The SMILES string of the molecule is Cc1ncsc1CNc1cccc(-c2cccc3nc(Nc4ccc(OCCN5CCCC5)cc4)nn23)c1. The molecule has 1 saturated heterocycles. The van der Waals surface area contributed by atoms with E-state index in [9.17, 15) is 0 Å². The summed E-state index contributed by atoms with van der Waals surface area (Å²) in [7, 11) is 0. The average Bonchev–Trinajstić information content (AvgIpc) is 3.70. The highest BCUT2D eigenvalue weighted by atomic mass is 32.1. The number of aromatic nitrogens is 4. The molecule has 9 heteroatoms. The van der Waals surface area contributed by atoms with Gasteiger partial charge in [-0.15, -0.1) is 16.4 Å². The molecule has 194 valence electrons. The van der Waals surface area contributed by atoms with E-state index in [0.29, 0.717) is 12.6 Å². The zero-order valence-electron chi connectivity index (χ0n) is 21.4. The average molecular weight is 526 g/mol. The number of ether oxygens (including phenoxy) is 1. The monoisotopic (exact) mass is 525 g/mol. The summed E-state index contributed by atoms with van der Waals surface area (Å²) in [5.74, 6) is 1.43. The highest BCUT2D eigenvalue weighted by molar-refractivity contribution is 7.09. The van der Waals surface area contributed by atoms with E-state index >= 15 is 0 Å². The van der Waals surface area contributed by atoms with Crippen molar-refractivity contribution in [3.8, 4) is 17.0 Å². The van der Waals surface area contributed by atoms with Gasteiger partial charge in [0.1, 0.15) is 12.4 Å². The Morgan fingerprint density at radius 1 is 0.974 bits per heavy atom. The highest BCUT2D eigenvalue weighted by Crippen LogP contribution is 2.26. The molecule has 0 radical (unpaired) electrons. The fourth-order valence-electron chi connectivity index (χ4n) is 4.71. The standard InChI is InChI=1S/C29H31N7OS/c1-21-27(38-20-31-21)19-30-24-7-4-6-22(18-24)26-8-5-9-28-33-29(34-36(26)28)32-23-10-12-25(13-11-23)37-17-16-35-14-2-3-15-35/h4-13,18,20,30H,2-3,14-17,19H2,1H3,(H,32,34). The maximum absolute atomic E-state index is 5.93. The molecule has 38 heavy (non-hydrogen) atoms. The van der Waals surface area contributed by atoms with Crippen LogP contribution in [0.25, 0.3) is 16.9 Å². The molecule has 2 aromatic carbocycles. The minimum atomic E-state index is 0.551. The Hall–Kier alpha value is -3.95. The number of benzene rings is 2. The lowest BCUT2D eigenvalue weighted by molar-refractivity contribution is 0.238. The first-order valence-electron chi connectivity index (χ1n) is 13.0. The summed E-state index contributed by atoms with van der Waals surface area (Å²) < 4.78 is 7.81. The van der Waals surface area contributed by atoms with Gasteiger partial charge in [-0.05, 0) is 81.4 Å². The number of likely N-dealkylation sites (tertiary alicyclic amines) is 1. The number of nitrogens with one attached hydrogen (secondary N) is 2. The summed E-state index contributed by atoms with van der Waals surface area (Å²) in [6, 6.07) is 22.4. The fourth-order valence-corrected chi connectivity index (χ4v) is 5.42. The molecule has 5 aromatic rings. The predicted molar refractivity (Wildman–Crippen MR) is 153 cm³/mol. The van der Waals surface area contributed by atoms with Gasteiger partial charge in [0.05, 0.1) is 23.4 Å². The van der Waals surface area contributed by atoms with Gasteiger partial charge in [-0.2, -0.15) is 4.98 Å². The van der Waals surface area contributed by atoms with Gasteiger partial charge < -0.3 is 15.4 Å². The maximum Gasteiger partial charge on any atom is 0.247 e. The molecule has 8 nitrogen and oxygen atoms in total. The van der Waals surface area contributed by atoms with Gasteiger partial charge in [-0.25, -0.2) is 9.50 Å². The van der Waals surface area contributed by atoms with Gasteiger partial charge in [0.2, 0.25) is 5.95 Å². The first-order valence-corrected chi connectivity index (χ1v) is 13.9. The number of nitrogens with zero attached hydrogens (tertiary/aromatic N) is 5. The maximum atomic E-state index is 5.93. The smallest absolute Gasteiger partial charge is 0.247 e. The first kappa shape index (κ1) is 24.4. The topological polar surface area (TPSA) is 79.6 Å². The van der Waals surface area contributed by atoms with Crippen LogP contribution in [0, 0.1) is 6.92 Å². The second-order valence-corrected chi connectivity index (χ2v) is 10.4. The van der Waals surface area contributed by atoms with Crippen molar-refractivity contribution >= 4 is 34.3 Å². The number of anilines is 3. The molecule has 0 atom stereocenters. The van der Waals surface area contributed by atoms with Crippen molar-refractivity contribution in [1.82, 2.24) is 24.5 Å². The molecule has 0 aliphatic carbocycles. The van der Waals surface area contributed by atoms with E-state index in [2.05, 4.69) is 50.8 Å². The third-order valence-electron chi connectivity index (χ3n) is 6.80. The van der Waals surface area contributed by atoms with E-state index in [4.69, 9.17) is 14.8 Å². The van der Waals surface area contributed by atoms with Crippen LogP contribution in [0.15, 0.2) is 72.2 Å². The molecule has 0 amide bonds. The van der Waals surface area contributed by atoms with Crippen LogP contribution in [0.4, 0.5) is 17.3 Å². The van der Waals surface area contributed by atoms with Crippen LogP contribution < -0.4 is 15.4 Å². The normalized spacial score (nSPS) is 13.7. The summed E-state index contributed by atoms with van der Waals surface area (Å²) >= 11 is 1.67. The molecular weight excluding hydrogens is 494 g/mol. The Labute approximate surface area is 226 Å². The van der Waals surface area contributed by atoms with Gasteiger partial charge in [0.25, 0.3) is 0 Å². The van der Waals surface area contributed by atoms with Crippen molar-refractivity contribution in [2.75, 3.05) is 36.9 Å². The third kappa shape index (κ3) is 5.64. The fraction of sp³-hybridized carbons (Fsp3) is 0.276. The van der Waals surface area contributed by atoms with Gasteiger partial charge in [-0.3, -0.25) is 4.90 Å². The molecule has 0 spiro atoms. The lowest BCUT2D eigenvalue weighted by atomic mass is 10.1. The van der Waals surface area contributed by atoms with E-state index in [0.717, 1.165) is 52.8 Å². The first-order chi connectivity index (χ1) is 18.7. The lowest BCUT2D eigenvalue weighted by Crippen LogP contribution is -2.25. The molecule has 0 unspecified atom stereocenters. The summed E-state index contributed by atoms with van der Waals surface area (Å²) in [5, 5.41) is 11.6. The summed E-state index contributed by atoms with van der Waals surface area (Å²) in [6.45, 7) is 6.87. The van der Waals surface area contributed by atoms with Crippen molar-refractivity contribution in [1.29, 1.82) is 0 Å². The zero-order valence-corrected chi connectivity index (χ0v) is 22.2. The second-order valence-electron chi connectivity index (χ2n) is 9.46. The van der Waals surface area contributed by atoms with Gasteiger partial charge >= 0.3 is 0 Å². The van der Waals surface area contributed by atoms with Gasteiger partial charge in [0.15, 0.2) is 5.65 Å². The molecule has 4 heterocycles. The molecule has 0 saturated carbocycles. The van der Waals surface area contributed by atoms with E-state index in [1.165, 1.54) is 30.8 Å². The van der Waals surface area contributed by atoms with E-state index < -0.39 is 0 Å². The third-order valence-corrected chi connectivity index (χ3v) is 7.74. The number of rotatable bonds is 10. The number of pyridine rings is 1. The largest absolute Gasteiger partial charge is 0.492 e. The minimum Gasteiger partial charge on any atom is -0.492 e. The van der Waals surface area contributed by atoms with Gasteiger partial charge in [0, 0.05) is 28.4 Å². The molecule has 0 bridgehead atoms.